The molecule has 0 saturated carbocycles. The molecule has 7 nitrogen and oxygen atoms in total. The van der Waals surface area contributed by atoms with Gasteiger partial charge in [-0.15, -0.1) is 0 Å². The molecule has 136 valence electrons. The van der Waals surface area contributed by atoms with Gasteiger partial charge in [-0.3, -0.25) is 15.1 Å². The number of rotatable bonds is 5. The van der Waals surface area contributed by atoms with Crippen molar-refractivity contribution in [1.29, 1.82) is 0 Å². The van der Waals surface area contributed by atoms with Crippen LogP contribution in [0.1, 0.15) is 17.0 Å². The fraction of sp³-hybridized carbons (Fsp3) is 0.105. The molecule has 0 fully saturated rings. The zero-order valence-corrected chi connectivity index (χ0v) is 15.5. The van der Waals surface area contributed by atoms with Crippen LogP contribution in [0.15, 0.2) is 63.6 Å². The van der Waals surface area contributed by atoms with E-state index < -0.39 is 4.92 Å². The molecule has 0 bridgehead atoms. The highest BCUT2D eigenvalue weighted by Gasteiger charge is 2.17. The van der Waals surface area contributed by atoms with Crippen LogP contribution in [0.2, 0.25) is 0 Å². The number of hydrogen-bond donors (Lipinski definition) is 1. The standard InChI is InChI=1S/C19H16N4O3S/c1-12-9-13(2)22-19(21-12)27-18-8-3-14(10-17(18)23(25)26)11-20-15-4-6-16(24)7-5-15/h3-11,24H,1-2H3. The molecule has 0 aliphatic heterocycles. The van der Waals surface area contributed by atoms with Crippen LogP contribution in [-0.4, -0.2) is 26.2 Å². The lowest BCUT2D eigenvalue weighted by atomic mass is 10.2. The minimum Gasteiger partial charge on any atom is -0.508 e. The number of nitrogens with zero attached hydrogens (tertiary/aromatic N) is 4. The van der Waals surface area contributed by atoms with Crippen molar-refractivity contribution in [1.82, 2.24) is 9.97 Å². The third-order valence-electron chi connectivity index (χ3n) is 3.56. The van der Waals surface area contributed by atoms with E-state index >= 15 is 0 Å². The molecule has 0 radical (unpaired) electrons. The summed E-state index contributed by atoms with van der Waals surface area (Å²) in [6.07, 6.45) is 1.54. The average molecular weight is 380 g/mol. The Morgan fingerprint density at radius 3 is 2.37 bits per heavy atom. The van der Waals surface area contributed by atoms with Crippen LogP contribution >= 0.6 is 11.8 Å². The first-order valence-corrected chi connectivity index (χ1v) is 8.84. The molecule has 0 saturated heterocycles. The number of phenolic OH excluding ortho intramolecular Hbond substituents is 1. The SMILES string of the molecule is Cc1cc(C)nc(Sc2ccc(C=Nc3ccc(O)cc3)cc2[N+](=O)[O-])n1. The number of nitro groups is 1. The summed E-state index contributed by atoms with van der Waals surface area (Å²) < 4.78 is 0. The molecule has 0 aliphatic carbocycles. The summed E-state index contributed by atoms with van der Waals surface area (Å²) in [7, 11) is 0. The first kappa shape index (κ1) is 18.5. The second-order valence-corrected chi connectivity index (χ2v) is 6.80. The monoisotopic (exact) mass is 380 g/mol. The van der Waals surface area contributed by atoms with Crippen molar-refractivity contribution >= 4 is 29.4 Å². The van der Waals surface area contributed by atoms with Gasteiger partial charge in [0.05, 0.1) is 15.5 Å². The van der Waals surface area contributed by atoms with E-state index in [-0.39, 0.29) is 11.4 Å². The normalized spacial score (nSPS) is 11.0. The second kappa shape index (κ2) is 7.96. The van der Waals surface area contributed by atoms with Gasteiger partial charge in [0, 0.05) is 23.7 Å². The Balaban J connectivity index is 1.88. The van der Waals surface area contributed by atoms with Gasteiger partial charge in [-0.25, -0.2) is 9.97 Å². The summed E-state index contributed by atoms with van der Waals surface area (Å²) in [6.45, 7) is 3.71. The predicted molar refractivity (Wildman–Crippen MR) is 104 cm³/mol. The molecule has 8 heteroatoms. The number of aromatic hydroxyl groups is 1. The van der Waals surface area contributed by atoms with Gasteiger partial charge < -0.3 is 5.11 Å². The van der Waals surface area contributed by atoms with Crippen molar-refractivity contribution in [2.75, 3.05) is 0 Å². The smallest absolute Gasteiger partial charge is 0.283 e. The fourth-order valence-electron chi connectivity index (χ4n) is 2.37. The number of nitro benzene ring substituents is 1. The number of aromatic nitrogens is 2. The van der Waals surface area contributed by atoms with Crippen molar-refractivity contribution in [3.8, 4) is 5.75 Å². The molecular formula is C19H16N4O3S. The van der Waals surface area contributed by atoms with E-state index in [0.717, 1.165) is 23.1 Å². The molecule has 0 amide bonds. The van der Waals surface area contributed by atoms with Gasteiger partial charge >= 0.3 is 0 Å². The number of aliphatic imine (C=N–C) groups is 1. The molecule has 3 rings (SSSR count). The van der Waals surface area contributed by atoms with Crippen LogP contribution < -0.4 is 0 Å². The van der Waals surface area contributed by atoms with Gasteiger partial charge in [0.1, 0.15) is 5.75 Å². The number of phenols is 1. The largest absolute Gasteiger partial charge is 0.508 e. The molecule has 1 aromatic heterocycles. The third kappa shape index (κ3) is 4.89. The van der Waals surface area contributed by atoms with Gasteiger partial charge in [-0.05, 0) is 67.6 Å². The highest BCUT2D eigenvalue weighted by atomic mass is 32.2. The number of aryl methyl sites for hydroxylation is 2. The Morgan fingerprint density at radius 1 is 1.07 bits per heavy atom. The van der Waals surface area contributed by atoms with E-state index in [1.807, 2.05) is 19.9 Å². The quantitative estimate of drug-likeness (QED) is 0.300. The van der Waals surface area contributed by atoms with E-state index in [4.69, 9.17) is 0 Å². The zero-order chi connectivity index (χ0) is 19.4. The minimum absolute atomic E-state index is 0.0302. The van der Waals surface area contributed by atoms with Crippen LogP contribution in [0.4, 0.5) is 11.4 Å². The van der Waals surface area contributed by atoms with Crippen LogP contribution in [0.5, 0.6) is 5.75 Å². The van der Waals surface area contributed by atoms with Gasteiger partial charge in [-0.2, -0.15) is 0 Å². The first-order valence-electron chi connectivity index (χ1n) is 8.02. The summed E-state index contributed by atoms with van der Waals surface area (Å²) in [4.78, 5) is 24.4. The lowest BCUT2D eigenvalue weighted by Gasteiger charge is -2.05. The average Bonchev–Trinajstić information content (AvgIpc) is 2.61. The Bertz CT molecular complexity index is 1000. The molecule has 0 aliphatic rings. The first-order chi connectivity index (χ1) is 12.9. The summed E-state index contributed by atoms with van der Waals surface area (Å²) >= 11 is 1.16. The summed E-state index contributed by atoms with van der Waals surface area (Å²) in [6, 6.07) is 13.1. The third-order valence-corrected chi connectivity index (χ3v) is 4.49. The van der Waals surface area contributed by atoms with Crippen LogP contribution in [-0.2, 0) is 0 Å². The van der Waals surface area contributed by atoms with Crippen molar-refractivity contribution in [3.63, 3.8) is 0 Å². The second-order valence-electron chi connectivity index (χ2n) is 5.79. The molecule has 1 N–H and O–H groups in total. The summed E-state index contributed by atoms with van der Waals surface area (Å²) in [5.74, 6) is 0.152. The highest BCUT2D eigenvalue weighted by molar-refractivity contribution is 7.99. The van der Waals surface area contributed by atoms with Gasteiger partial charge in [-0.1, -0.05) is 6.07 Å². The Kier molecular flexibility index (Phi) is 5.46. The molecule has 1 heterocycles. The molecule has 0 atom stereocenters. The fourth-order valence-corrected chi connectivity index (χ4v) is 3.32. The van der Waals surface area contributed by atoms with Crippen molar-refractivity contribution in [2.24, 2.45) is 4.99 Å². The number of benzene rings is 2. The van der Waals surface area contributed by atoms with E-state index in [1.165, 1.54) is 18.2 Å². The molecule has 2 aromatic carbocycles. The van der Waals surface area contributed by atoms with Crippen LogP contribution in [0, 0.1) is 24.0 Å². The summed E-state index contributed by atoms with van der Waals surface area (Å²) in [5.41, 5.74) is 2.83. The van der Waals surface area contributed by atoms with E-state index in [9.17, 15) is 15.2 Å². The Hall–Kier alpha value is -3.26. The van der Waals surface area contributed by atoms with Crippen LogP contribution in [0.25, 0.3) is 0 Å². The molecule has 0 unspecified atom stereocenters. The molecule has 3 aromatic rings. The Labute approximate surface area is 160 Å². The van der Waals surface area contributed by atoms with E-state index in [0.29, 0.717) is 21.3 Å². The minimum atomic E-state index is -0.428. The van der Waals surface area contributed by atoms with Crippen molar-refractivity contribution in [2.45, 2.75) is 23.9 Å². The maximum atomic E-state index is 11.5. The van der Waals surface area contributed by atoms with E-state index in [2.05, 4.69) is 15.0 Å². The summed E-state index contributed by atoms with van der Waals surface area (Å²) in [5, 5.41) is 21.2. The molecule has 0 spiro atoms. The van der Waals surface area contributed by atoms with Crippen molar-refractivity contribution < 1.29 is 10.0 Å². The Morgan fingerprint density at radius 2 is 1.74 bits per heavy atom. The lowest BCUT2D eigenvalue weighted by molar-refractivity contribution is -0.387. The maximum absolute atomic E-state index is 11.5. The number of hydrogen-bond acceptors (Lipinski definition) is 7. The highest BCUT2D eigenvalue weighted by Crippen LogP contribution is 2.33. The lowest BCUT2D eigenvalue weighted by Crippen LogP contribution is -1.96. The van der Waals surface area contributed by atoms with Crippen molar-refractivity contribution in [3.05, 3.63) is 75.6 Å². The van der Waals surface area contributed by atoms with Gasteiger partial charge in [0.25, 0.3) is 5.69 Å². The molecule has 27 heavy (non-hydrogen) atoms. The zero-order valence-electron chi connectivity index (χ0n) is 14.7. The van der Waals surface area contributed by atoms with E-state index in [1.54, 1.807) is 30.5 Å². The van der Waals surface area contributed by atoms with Gasteiger partial charge in [0.2, 0.25) is 0 Å². The van der Waals surface area contributed by atoms with Crippen LogP contribution in [0.3, 0.4) is 0 Å². The predicted octanol–water partition coefficient (Wildman–Crippen LogP) is 4.61. The van der Waals surface area contributed by atoms with Gasteiger partial charge in [0.15, 0.2) is 5.16 Å². The maximum Gasteiger partial charge on any atom is 0.283 e. The topological polar surface area (TPSA) is 102 Å². The molecular weight excluding hydrogens is 364 g/mol.